The van der Waals surface area contributed by atoms with E-state index in [9.17, 15) is 4.79 Å². The minimum absolute atomic E-state index is 0.0577. The number of carbonyl (C=O) groups excluding carboxylic acids is 1. The average molecular weight is 428 g/mol. The van der Waals surface area contributed by atoms with Crippen molar-refractivity contribution in [2.75, 3.05) is 45.9 Å². The van der Waals surface area contributed by atoms with Gasteiger partial charge in [-0.25, -0.2) is 0 Å². The molecule has 0 aromatic heterocycles. The fraction of sp³-hybridized carbons (Fsp3) is 0.458. The minimum atomic E-state index is 0.0577. The fourth-order valence-corrected chi connectivity index (χ4v) is 4.51. The van der Waals surface area contributed by atoms with Crippen molar-refractivity contribution in [2.45, 2.75) is 25.4 Å². The van der Waals surface area contributed by atoms with Crippen LogP contribution in [-0.4, -0.2) is 72.5 Å². The van der Waals surface area contributed by atoms with Gasteiger partial charge < -0.3 is 9.64 Å². The van der Waals surface area contributed by atoms with Crippen LogP contribution in [0.4, 0.5) is 0 Å². The number of benzene rings is 2. The third-order valence-electron chi connectivity index (χ3n) is 6.17. The Hall–Kier alpha value is -2.08. The van der Waals surface area contributed by atoms with Crippen LogP contribution >= 0.6 is 11.6 Å². The number of piperazine rings is 1. The van der Waals surface area contributed by atoms with Crippen molar-refractivity contribution >= 4 is 17.5 Å². The largest absolute Gasteiger partial charge is 0.484 e. The standard InChI is InChI=1S/C24H30ClN3O2/c25-21-6-8-23(9-7-21)30-19-24(29)28-16-14-27(15-17-28)22-10-12-26(13-11-22)18-20-4-2-1-3-5-20/h1-9,22H,10-19H2. The van der Waals surface area contributed by atoms with Crippen LogP contribution in [0.25, 0.3) is 0 Å². The number of rotatable bonds is 6. The van der Waals surface area contributed by atoms with Crippen LogP contribution in [-0.2, 0) is 11.3 Å². The lowest BCUT2D eigenvalue weighted by Crippen LogP contribution is -2.54. The molecule has 0 atom stereocenters. The van der Waals surface area contributed by atoms with Crippen molar-refractivity contribution in [3.05, 3.63) is 65.2 Å². The van der Waals surface area contributed by atoms with Crippen LogP contribution in [0, 0.1) is 0 Å². The molecule has 0 aliphatic carbocycles. The Morgan fingerprint density at radius 1 is 0.900 bits per heavy atom. The predicted molar refractivity (Wildman–Crippen MR) is 120 cm³/mol. The first-order valence-electron chi connectivity index (χ1n) is 10.8. The number of amides is 1. The van der Waals surface area contributed by atoms with Crippen molar-refractivity contribution in [2.24, 2.45) is 0 Å². The molecule has 0 unspecified atom stereocenters. The van der Waals surface area contributed by atoms with E-state index in [-0.39, 0.29) is 12.5 Å². The lowest BCUT2D eigenvalue weighted by molar-refractivity contribution is -0.135. The summed E-state index contributed by atoms with van der Waals surface area (Å²) < 4.78 is 5.61. The highest BCUT2D eigenvalue weighted by Crippen LogP contribution is 2.20. The van der Waals surface area contributed by atoms with E-state index >= 15 is 0 Å². The van der Waals surface area contributed by atoms with E-state index in [1.807, 2.05) is 4.90 Å². The van der Waals surface area contributed by atoms with Crippen LogP contribution in [0.3, 0.4) is 0 Å². The van der Waals surface area contributed by atoms with E-state index < -0.39 is 0 Å². The summed E-state index contributed by atoms with van der Waals surface area (Å²) in [6.07, 6.45) is 2.42. The van der Waals surface area contributed by atoms with Crippen LogP contribution in [0.1, 0.15) is 18.4 Å². The van der Waals surface area contributed by atoms with Crippen molar-refractivity contribution in [3.63, 3.8) is 0 Å². The first-order chi connectivity index (χ1) is 14.7. The molecule has 2 aliphatic rings. The molecule has 4 rings (SSSR count). The molecule has 0 bridgehead atoms. The molecule has 2 saturated heterocycles. The lowest BCUT2D eigenvalue weighted by Gasteiger charge is -2.42. The van der Waals surface area contributed by atoms with Gasteiger partial charge in [-0.2, -0.15) is 0 Å². The highest BCUT2D eigenvalue weighted by molar-refractivity contribution is 6.30. The molecule has 2 heterocycles. The zero-order valence-corrected chi connectivity index (χ0v) is 18.1. The van der Waals surface area contributed by atoms with E-state index in [1.54, 1.807) is 24.3 Å². The van der Waals surface area contributed by atoms with E-state index in [1.165, 1.54) is 18.4 Å². The molecule has 30 heavy (non-hydrogen) atoms. The summed E-state index contributed by atoms with van der Waals surface area (Å²) in [6, 6.07) is 18.5. The maximum Gasteiger partial charge on any atom is 0.260 e. The number of halogens is 1. The predicted octanol–water partition coefficient (Wildman–Crippen LogP) is 3.53. The molecular formula is C24H30ClN3O2. The Labute approximate surface area is 184 Å². The quantitative estimate of drug-likeness (QED) is 0.706. The number of carbonyl (C=O) groups is 1. The third-order valence-corrected chi connectivity index (χ3v) is 6.42. The van der Waals surface area contributed by atoms with Gasteiger partial charge in [-0.3, -0.25) is 14.6 Å². The van der Waals surface area contributed by atoms with Crippen LogP contribution in [0.5, 0.6) is 5.75 Å². The molecule has 6 heteroatoms. The Morgan fingerprint density at radius 3 is 2.23 bits per heavy atom. The number of likely N-dealkylation sites (tertiary alicyclic amines) is 1. The normalized spacial score (nSPS) is 19.0. The molecule has 2 aromatic carbocycles. The third kappa shape index (κ3) is 5.75. The average Bonchev–Trinajstić information content (AvgIpc) is 2.80. The smallest absolute Gasteiger partial charge is 0.260 e. The van der Waals surface area contributed by atoms with Gasteiger partial charge in [-0.15, -0.1) is 0 Å². The topological polar surface area (TPSA) is 36.0 Å². The summed E-state index contributed by atoms with van der Waals surface area (Å²) in [7, 11) is 0. The zero-order valence-electron chi connectivity index (χ0n) is 17.4. The second kappa shape index (κ2) is 10.3. The van der Waals surface area contributed by atoms with E-state index in [4.69, 9.17) is 16.3 Å². The molecule has 5 nitrogen and oxygen atoms in total. The summed E-state index contributed by atoms with van der Waals surface area (Å²) in [6.45, 7) is 6.90. The second-order valence-electron chi connectivity index (χ2n) is 8.15. The van der Waals surface area contributed by atoms with E-state index in [0.717, 1.165) is 45.8 Å². The summed E-state index contributed by atoms with van der Waals surface area (Å²) in [4.78, 5) is 19.5. The Morgan fingerprint density at radius 2 is 1.57 bits per heavy atom. The maximum atomic E-state index is 12.5. The van der Waals surface area contributed by atoms with Gasteiger partial charge in [0.1, 0.15) is 5.75 Å². The SMILES string of the molecule is O=C(COc1ccc(Cl)cc1)N1CCN(C2CCN(Cc3ccccc3)CC2)CC1. The molecule has 0 N–H and O–H groups in total. The summed E-state index contributed by atoms with van der Waals surface area (Å²) in [5.41, 5.74) is 1.39. The first-order valence-corrected chi connectivity index (χ1v) is 11.2. The molecule has 160 valence electrons. The molecule has 2 aromatic rings. The van der Waals surface area contributed by atoms with Crippen molar-refractivity contribution < 1.29 is 9.53 Å². The maximum absolute atomic E-state index is 12.5. The molecule has 2 aliphatic heterocycles. The summed E-state index contributed by atoms with van der Waals surface area (Å²) >= 11 is 5.88. The Kier molecular flexibility index (Phi) is 7.26. The van der Waals surface area contributed by atoms with E-state index in [0.29, 0.717) is 16.8 Å². The number of hydrogen-bond acceptors (Lipinski definition) is 4. The molecule has 2 fully saturated rings. The molecule has 0 spiro atoms. The number of piperidine rings is 1. The van der Waals surface area contributed by atoms with Gasteiger partial charge in [0.05, 0.1) is 0 Å². The molecule has 0 saturated carbocycles. The van der Waals surface area contributed by atoms with Gasteiger partial charge in [0, 0.05) is 43.8 Å². The van der Waals surface area contributed by atoms with E-state index in [2.05, 4.69) is 40.1 Å². The van der Waals surface area contributed by atoms with Gasteiger partial charge in [0.25, 0.3) is 5.91 Å². The minimum Gasteiger partial charge on any atom is -0.484 e. The Balaban J connectivity index is 1.16. The second-order valence-corrected chi connectivity index (χ2v) is 8.59. The van der Waals surface area contributed by atoms with Crippen LogP contribution in [0.15, 0.2) is 54.6 Å². The summed E-state index contributed by atoms with van der Waals surface area (Å²) in [5.74, 6) is 0.732. The van der Waals surface area contributed by atoms with Crippen molar-refractivity contribution in [1.82, 2.24) is 14.7 Å². The fourth-order valence-electron chi connectivity index (χ4n) is 4.39. The van der Waals surface area contributed by atoms with Gasteiger partial charge >= 0.3 is 0 Å². The number of ether oxygens (including phenoxy) is 1. The van der Waals surface area contributed by atoms with Gasteiger partial charge in [-0.1, -0.05) is 41.9 Å². The number of nitrogens with zero attached hydrogens (tertiary/aromatic N) is 3. The number of hydrogen-bond donors (Lipinski definition) is 0. The molecule has 1 amide bonds. The highest BCUT2D eigenvalue weighted by Gasteiger charge is 2.28. The van der Waals surface area contributed by atoms with Crippen LogP contribution in [0.2, 0.25) is 5.02 Å². The lowest BCUT2D eigenvalue weighted by atomic mass is 10.0. The Bertz CT molecular complexity index is 799. The summed E-state index contributed by atoms with van der Waals surface area (Å²) in [5, 5.41) is 0.663. The highest BCUT2D eigenvalue weighted by atomic mass is 35.5. The van der Waals surface area contributed by atoms with Gasteiger partial charge in [-0.05, 0) is 55.8 Å². The van der Waals surface area contributed by atoms with Crippen LogP contribution < -0.4 is 4.74 Å². The molecule has 0 radical (unpaired) electrons. The first kappa shape index (κ1) is 21.2. The van der Waals surface area contributed by atoms with Gasteiger partial charge in [0.15, 0.2) is 6.61 Å². The van der Waals surface area contributed by atoms with Crippen molar-refractivity contribution in [3.8, 4) is 5.75 Å². The van der Waals surface area contributed by atoms with Gasteiger partial charge in [0.2, 0.25) is 0 Å². The van der Waals surface area contributed by atoms with Crippen molar-refractivity contribution in [1.29, 1.82) is 0 Å². The zero-order chi connectivity index (χ0) is 20.8. The molecular weight excluding hydrogens is 398 g/mol. The monoisotopic (exact) mass is 427 g/mol.